The smallest absolute Gasteiger partial charge is 0.364 e. The highest BCUT2D eigenvalue weighted by atomic mass is 16.5. The molecular formula is C4H5N3O2. The van der Waals surface area contributed by atoms with Crippen molar-refractivity contribution < 1.29 is 4.74 Å². The molecule has 0 saturated carbocycles. The summed E-state index contributed by atoms with van der Waals surface area (Å²) in [6.45, 7) is 0. The van der Waals surface area contributed by atoms with Crippen LogP contribution in [0.25, 0.3) is 0 Å². The van der Waals surface area contributed by atoms with E-state index < -0.39 is 5.69 Å². The van der Waals surface area contributed by atoms with Crippen LogP contribution in [0.5, 0.6) is 5.88 Å². The zero-order valence-electron chi connectivity index (χ0n) is 4.79. The first-order valence-electron chi connectivity index (χ1n) is 2.28. The van der Waals surface area contributed by atoms with Crippen LogP contribution in [-0.4, -0.2) is 22.3 Å². The fourth-order valence-corrected chi connectivity index (χ4v) is 0.395. The number of H-pyrrole nitrogens is 1. The summed E-state index contributed by atoms with van der Waals surface area (Å²) in [7, 11) is 1.42. The standard InChI is InChI=1S/C4H5N3O2/c1-9-3-2-5-7-4(8)6-3/h2H,1H3,(H,6,7,8). The summed E-state index contributed by atoms with van der Waals surface area (Å²) in [5, 5.41) is 5.54. The molecule has 5 nitrogen and oxygen atoms in total. The second-order valence-corrected chi connectivity index (χ2v) is 1.33. The molecule has 0 radical (unpaired) electrons. The van der Waals surface area contributed by atoms with Crippen LogP contribution in [0.2, 0.25) is 0 Å². The van der Waals surface area contributed by atoms with Gasteiger partial charge in [-0.1, -0.05) is 0 Å². The van der Waals surface area contributed by atoms with E-state index in [-0.39, 0.29) is 5.88 Å². The maximum atomic E-state index is 10.3. The highest BCUT2D eigenvalue weighted by Crippen LogP contribution is 1.92. The van der Waals surface area contributed by atoms with E-state index in [2.05, 4.69) is 19.9 Å². The molecule has 0 aliphatic carbocycles. The molecule has 0 unspecified atom stereocenters. The molecule has 5 heteroatoms. The number of rotatable bonds is 1. The molecule has 0 amide bonds. The van der Waals surface area contributed by atoms with Crippen molar-refractivity contribution >= 4 is 0 Å². The van der Waals surface area contributed by atoms with Crippen molar-refractivity contribution in [3.8, 4) is 5.88 Å². The molecule has 0 bridgehead atoms. The van der Waals surface area contributed by atoms with Crippen molar-refractivity contribution in [1.29, 1.82) is 0 Å². The number of ether oxygens (including phenoxy) is 1. The van der Waals surface area contributed by atoms with Gasteiger partial charge in [-0.2, -0.15) is 10.1 Å². The fraction of sp³-hybridized carbons (Fsp3) is 0.250. The van der Waals surface area contributed by atoms with Crippen LogP contribution in [0.1, 0.15) is 0 Å². The predicted molar refractivity (Wildman–Crippen MR) is 29.2 cm³/mol. The largest absolute Gasteiger partial charge is 0.480 e. The molecule has 1 aromatic rings. The Kier molecular flexibility index (Phi) is 1.44. The summed E-state index contributed by atoms with van der Waals surface area (Å²) >= 11 is 0. The van der Waals surface area contributed by atoms with Gasteiger partial charge in [0.1, 0.15) is 6.20 Å². The van der Waals surface area contributed by atoms with Gasteiger partial charge in [-0.3, -0.25) is 0 Å². The van der Waals surface area contributed by atoms with Crippen LogP contribution < -0.4 is 10.4 Å². The molecule has 0 aliphatic heterocycles. The topological polar surface area (TPSA) is 67.9 Å². The Hall–Kier alpha value is -1.39. The van der Waals surface area contributed by atoms with Crippen molar-refractivity contribution in [3.63, 3.8) is 0 Å². The van der Waals surface area contributed by atoms with Crippen LogP contribution in [0.3, 0.4) is 0 Å². The van der Waals surface area contributed by atoms with Gasteiger partial charge in [0.05, 0.1) is 7.11 Å². The summed E-state index contributed by atoms with van der Waals surface area (Å²) in [4.78, 5) is 13.7. The van der Waals surface area contributed by atoms with E-state index in [1.165, 1.54) is 13.3 Å². The summed E-state index contributed by atoms with van der Waals surface area (Å²) < 4.78 is 4.60. The molecule has 1 N–H and O–H groups in total. The summed E-state index contributed by atoms with van der Waals surface area (Å²) in [6, 6.07) is 0. The molecule has 1 rings (SSSR count). The van der Waals surface area contributed by atoms with Gasteiger partial charge in [0.2, 0.25) is 5.88 Å². The van der Waals surface area contributed by atoms with E-state index in [0.717, 1.165) is 0 Å². The van der Waals surface area contributed by atoms with E-state index in [9.17, 15) is 4.79 Å². The lowest BCUT2D eigenvalue weighted by Gasteiger charge is -1.91. The first-order chi connectivity index (χ1) is 4.33. The van der Waals surface area contributed by atoms with E-state index >= 15 is 0 Å². The first-order valence-corrected chi connectivity index (χ1v) is 2.28. The third-order valence-corrected chi connectivity index (χ3v) is 0.756. The van der Waals surface area contributed by atoms with Gasteiger partial charge in [-0.05, 0) is 0 Å². The number of nitrogens with one attached hydrogen (secondary N) is 1. The zero-order valence-corrected chi connectivity index (χ0v) is 4.79. The maximum Gasteiger partial charge on any atom is 0.364 e. The monoisotopic (exact) mass is 127 g/mol. The lowest BCUT2D eigenvalue weighted by Crippen LogP contribution is -2.11. The number of aromatic amines is 1. The highest BCUT2D eigenvalue weighted by molar-refractivity contribution is 4.97. The summed E-state index contributed by atoms with van der Waals surface area (Å²) in [5.41, 5.74) is -0.505. The maximum absolute atomic E-state index is 10.3. The minimum absolute atomic E-state index is 0.221. The number of nitrogens with zero attached hydrogens (tertiary/aromatic N) is 2. The molecule has 0 spiro atoms. The zero-order chi connectivity index (χ0) is 6.69. The normalized spacial score (nSPS) is 9.00. The minimum Gasteiger partial charge on any atom is -0.480 e. The Balaban J connectivity index is 3.08. The van der Waals surface area contributed by atoms with Crippen molar-refractivity contribution in [2.45, 2.75) is 0 Å². The molecule has 48 valence electrons. The van der Waals surface area contributed by atoms with Gasteiger partial charge >= 0.3 is 5.69 Å². The highest BCUT2D eigenvalue weighted by Gasteiger charge is 1.89. The molecule has 0 atom stereocenters. The fourth-order valence-electron chi connectivity index (χ4n) is 0.395. The molecule has 0 aromatic carbocycles. The van der Waals surface area contributed by atoms with E-state index in [1.807, 2.05) is 0 Å². The molecule has 0 fully saturated rings. The third-order valence-electron chi connectivity index (χ3n) is 0.756. The van der Waals surface area contributed by atoms with Crippen LogP contribution in [0.4, 0.5) is 0 Å². The Morgan fingerprint density at radius 1 is 1.78 bits per heavy atom. The molecule has 1 heterocycles. The van der Waals surface area contributed by atoms with Crippen molar-refractivity contribution in [2.24, 2.45) is 0 Å². The average Bonchev–Trinajstić information content (AvgIpc) is 1.88. The lowest BCUT2D eigenvalue weighted by atomic mass is 10.8. The summed E-state index contributed by atoms with van der Waals surface area (Å²) in [6.07, 6.45) is 1.32. The Morgan fingerprint density at radius 3 is 3.00 bits per heavy atom. The van der Waals surface area contributed by atoms with Gasteiger partial charge in [0, 0.05) is 0 Å². The van der Waals surface area contributed by atoms with Crippen molar-refractivity contribution in [3.05, 3.63) is 16.7 Å². The van der Waals surface area contributed by atoms with Gasteiger partial charge in [0.15, 0.2) is 0 Å². The molecule has 0 saturated heterocycles. The number of aromatic nitrogens is 3. The second kappa shape index (κ2) is 2.25. The number of hydrogen-bond acceptors (Lipinski definition) is 4. The van der Waals surface area contributed by atoms with Gasteiger partial charge in [-0.15, -0.1) is 0 Å². The Bertz CT molecular complexity index is 244. The van der Waals surface area contributed by atoms with E-state index in [4.69, 9.17) is 0 Å². The molecular weight excluding hydrogens is 122 g/mol. The van der Waals surface area contributed by atoms with Gasteiger partial charge in [0.25, 0.3) is 0 Å². The quantitative estimate of drug-likeness (QED) is 0.534. The van der Waals surface area contributed by atoms with Gasteiger partial charge < -0.3 is 4.74 Å². The Morgan fingerprint density at radius 2 is 2.56 bits per heavy atom. The second-order valence-electron chi connectivity index (χ2n) is 1.33. The van der Waals surface area contributed by atoms with E-state index in [0.29, 0.717) is 0 Å². The van der Waals surface area contributed by atoms with E-state index in [1.54, 1.807) is 0 Å². The Labute approximate surface area is 50.7 Å². The van der Waals surface area contributed by atoms with Crippen LogP contribution >= 0.6 is 0 Å². The van der Waals surface area contributed by atoms with Crippen molar-refractivity contribution in [1.82, 2.24) is 15.2 Å². The molecule has 1 aromatic heterocycles. The average molecular weight is 127 g/mol. The predicted octanol–water partition coefficient (Wildman–Crippen LogP) is -0.827. The SMILES string of the molecule is COc1cn[nH]c(=O)n1. The van der Waals surface area contributed by atoms with Crippen LogP contribution in [0.15, 0.2) is 11.0 Å². The molecule has 9 heavy (non-hydrogen) atoms. The molecule has 0 aliphatic rings. The lowest BCUT2D eigenvalue weighted by molar-refractivity contribution is 0.391. The third kappa shape index (κ3) is 1.25. The van der Waals surface area contributed by atoms with Crippen molar-refractivity contribution in [2.75, 3.05) is 7.11 Å². The summed E-state index contributed by atoms with van der Waals surface area (Å²) in [5.74, 6) is 0.221. The van der Waals surface area contributed by atoms with Crippen LogP contribution in [-0.2, 0) is 0 Å². The first kappa shape index (κ1) is 5.74. The number of hydrogen-bond donors (Lipinski definition) is 1. The minimum atomic E-state index is -0.505. The van der Waals surface area contributed by atoms with Gasteiger partial charge in [-0.25, -0.2) is 9.89 Å². The van der Waals surface area contributed by atoms with Crippen LogP contribution in [0, 0.1) is 0 Å². The number of methoxy groups -OCH3 is 1.